The van der Waals surface area contributed by atoms with E-state index < -0.39 is 17.7 Å². The monoisotopic (exact) mass is 375 g/mol. The Bertz CT molecular complexity index is 743. The Morgan fingerprint density at radius 1 is 1.37 bits per heavy atom. The Kier molecular flexibility index (Phi) is 5.25. The van der Waals surface area contributed by atoms with Crippen LogP contribution in [0.2, 0.25) is 0 Å². The van der Waals surface area contributed by atoms with Crippen molar-refractivity contribution in [1.82, 2.24) is 10.2 Å². The number of carbonyl (C=O) groups excluding carboxylic acids is 3. The molecule has 0 spiro atoms. The molecule has 146 valence electrons. The summed E-state index contributed by atoms with van der Waals surface area (Å²) in [5.74, 6) is 0. The van der Waals surface area contributed by atoms with E-state index in [0.717, 1.165) is 24.0 Å². The van der Waals surface area contributed by atoms with Crippen LogP contribution in [0.5, 0.6) is 0 Å². The number of cyclic esters (lactones) is 1. The smallest absolute Gasteiger partial charge is 0.414 e. The molecule has 3 rings (SSSR count). The van der Waals surface area contributed by atoms with Crippen molar-refractivity contribution in [2.45, 2.75) is 45.3 Å². The molecule has 8 nitrogen and oxygen atoms in total. The van der Waals surface area contributed by atoms with Crippen molar-refractivity contribution in [3.05, 3.63) is 29.3 Å². The summed E-state index contributed by atoms with van der Waals surface area (Å²) in [4.78, 5) is 38.3. The van der Waals surface area contributed by atoms with Gasteiger partial charge in [0, 0.05) is 24.3 Å². The topological polar surface area (TPSA) is 88.2 Å². The normalized spacial score (nSPS) is 19.4. The molecule has 2 aliphatic heterocycles. The molecule has 1 saturated heterocycles. The Hall–Kier alpha value is -2.77. The van der Waals surface area contributed by atoms with Crippen LogP contribution < -0.4 is 10.2 Å². The van der Waals surface area contributed by atoms with E-state index in [0.29, 0.717) is 18.8 Å². The van der Waals surface area contributed by atoms with Gasteiger partial charge < -0.3 is 19.7 Å². The molecular formula is C19H25N3O5. The van der Waals surface area contributed by atoms with Crippen LogP contribution in [-0.2, 0) is 27.2 Å². The van der Waals surface area contributed by atoms with E-state index in [2.05, 4.69) is 5.32 Å². The van der Waals surface area contributed by atoms with Gasteiger partial charge in [0.25, 0.3) is 0 Å². The fourth-order valence-corrected chi connectivity index (χ4v) is 3.21. The number of benzene rings is 1. The molecule has 0 radical (unpaired) electrons. The van der Waals surface area contributed by atoms with Gasteiger partial charge in [-0.05, 0) is 50.5 Å². The van der Waals surface area contributed by atoms with Crippen LogP contribution >= 0.6 is 0 Å². The molecule has 1 fully saturated rings. The Balaban J connectivity index is 1.70. The summed E-state index contributed by atoms with van der Waals surface area (Å²) in [6.07, 6.45) is 0.608. The average Bonchev–Trinajstić information content (AvgIpc) is 2.98. The second-order valence-electron chi connectivity index (χ2n) is 7.85. The largest absolute Gasteiger partial charge is 0.447 e. The molecule has 0 bridgehead atoms. The van der Waals surface area contributed by atoms with Gasteiger partial charge >= 0.3 is 12.2 Å². The van der Waals surface area contributed by atoms with Crippen molar-refractivity contribution in [1.29, 1.82) is 0 Å². The number of rotatable bonds is 4. The predicted octanol–water partition coefficient (Wildman–Crippen LogP) is 2.05. The summed E-state index contributed by atoms with van der Waals surface area (Å²) < 4.78 is 10.4. The number of nitrogens with one attached hydrogen (secondary N) is 1. The molecule has 0 saturated carbocycles. The summed E-state index contributed by atoms with van der Waals surface area (Å²) in [6, 6.07) is 5.33. The summed E-state index contributed by atoms with van der Waals surface area (Å²) >= 11 is 0. The van der Waals surface area contributed by atoms with E-state index in [1.54, 1.807) is 4.90 Å². The zero-order chi connectivity index (χ0) is 19.6. The molecule has 0 aliphatic carbocycles. The van der Waals surface area contributed by atoms with E-state index in [4.69, 9.17) is 9.47 Å². The van der Waals surface area contributed by atoms with Crippen LogP contribution in [0, 0.1) is 0 Å². The molecule has 1 unspecified atom stereocenters. The molecule has 3 amide bonds. The van der Waals surface area contributed by atoms with Crippen molar-refractivity contribution in [3.63, 3.8) is 0 Å². The average molecular weight is 375 g/mol. The standard InChI is InChI=1S/C19H25N3O5/c1-19(2,3)20-17(24)26-10-16-11-27-18(25)22(16)15-5-4-14-9-21(12-23)7-6-13(14)8-15/h4-5,8,12,16H,6-7,9-11H2,1-3H3,(H,20,24). The number of nitrogens with zero attached hydrogens (tertiary/aromatic N) is 2. The quantitative estimate of drug-likeness (QED) is 0.814. The number of ether oxygens (including phenoxy) is 2. The third-order valence-electron chi connectivity index (χ3n) is 4.50. The molecule has 1 atom stereocenters. The van der Waals surface area contributed by atoms with Crippen molar-refractivity contribution >= 4 is 24.3 Å². The van der Waals surface area contributed by atoms with E-state index >= 15 is 0 Å². The summed E-state index contributed by atoms with van der Waals surface area (Å²) in [5, 5.41) is 2.72. The maximum atomic E-state index is 12.2. The number of hydrogen-bond donors (Lipinski definition) is 1. The number of fused-ring (bicyclic) bond motifs is 1. The highest BCUT2D eigenvalue weighted by Crippen LogP contribution is 2.28. The predicted molar refractivity (Wildman–Crippen MR) is 98.5 cm³/mol. The maximum Gasteiger partial charge on any atom is 0.414 e. The lowest BCUT2D eigenvalue weighted by Crippen LogP contribution is -2.43. The van der Waals surface area contributed by atoms with Gasteiger partial charge in [0.15, 0.2) is 0 Å². The van der Waals surface area contributed by atoms with Gasteiger partial charge in [0.05, 0.1) is 0 Å². The molecule has 1 aromatic carbocycles. The van der Waals surface area contributed by atoms with Gasteiger partial charge in [-0.15, -0.1) is 0 Å². The van der Waals surface area contributed by atoms with Gasteiger partial charge in [-0.25, -0.2) is 9.59 Å². The third-order valence-corrected chi connectivity index (χ3v) is 4.50. The molecule has 27 heavy (non-hydrogen) atoms. The van der Waals surface area contributed by atoms with Crippen LogP contribution in [0.15, 0.2) is 18.2 Å². The lowest BCUT2D eigenvalue weighted by Gasteiger charge is -2.28. The number of anilines is 1. The van der Waals surface area contributed by atoms with Crippen LogP contribution in [-0.4, -0.2) is 54.8 Å². The molecule has 2 aliphatic rings. The highest BCUT2D eigenvalue weighted by Gasteiger charge is 2.36. The number of hydrogen-bond acceptors (Lipinski definition) is 5. The minimum absolute atomic E-state index is 0.0453. The molecule has 1 aromatic rings. The molecule has 2 heterocycles. The minimum atomic E-state index is -0.527. The number of carbonyl (C=O) groups is 3. The first-order chi connectivity index (χ1) is 12.8. The van der Waals surface area contributed by atoms with Gasteiger partial charge in [-0.1, -0.05) is 6.07 Å². The Morgan fingerprint density at radius 3 is 2.85 bits per heavy atom. The molecule has 0 aromatic heterocycles. The molecular weight excluding hydrogens is 350 g/mol. The van der Waals surface area contributed by atoms with Gasteiger partial charge in [0.1, 0.15) is 19.3 Å². The zero-order valence-electron chi connectivity index (χ0n) is 15.9. The van der Waals surface area contributed by atoms with Crippen LogP contribution in [0.4, 0.5) is 15.3 Å². The van der Waals surface area contributed by atoms with Crippen LogP contribution in [0.3, 0.4) is 0 Å². The number of amides is 3. The first-order valence-corrected chi connectivity index (χ1v) is 8.99. The van der Waals surface area contributed by atoms with Gasteiger partial charge in [0.2, 0.25) is 6.41 Å². The highest BCUT2D eigenvalue weighted by atomic mass is 16.6. The molecule has 8 heteroatoms. The summed E-state index contributed by atoms with van der Waals surface area (Å²) in [6.45, 7) is 7.03. The van der Waals surface area contributed by atoms with Crippen molar-refractivity contribution in [3.8, 4) is 0 Å². The van der Waals surface area contributed by atoms with Crippen molar-refractivity contribution < 1.29 is 23.9 Å². The molecule has 1 N–H and O–H groups in total. The van der Waals surface area contributed by atoms with Crippen molar-refractivity contribution in [2.75, 3.05) is 24.7 Å². The minimum Gasteiger partial charge on any atom is -0.447 e. The van der Waals surface area contributed by atoms with E-state index in [1.807, 2.05) is 39.0 Å². The van der Waals surface area contributed by atoms with E-state index in [9.17, 15) is 14.4 Å². The fourth-order valence-electron chi connectivity index (χ4n) is 3.21. The van der Waals surface area contributed by atoms with Crippen LogP contribution in [0.25, 0.3) is 0 Å². The van der Waals surface area contributed by atoms with E-state index in [-0.39, 0.29) is 19.3 Å². The van der Waals surface area contributed by atoms with Gasteiger partial charge in [-0.2, -0.15) is 0 Å². The lowest BCUT2D eigenvalue weighted by atomic mass is 9.99. The van der Waals surface area contributed by atoms with E-state index in [1.165, 1.54) is 4.90 Å². The van der Waals surface area contributed by atoms with Crippen molar-refractivity contribution in [2.24, 2.45) is 0 Å². The third kappa shape index (κ3) is 4.50. The summed E-state index contributed by atoms with van der Waals surface area (Å²) in [5.41, 5.74) is 2.49. The highest BCUT2D eigenvalue weighted by molar-refractivity contribution is 5.90. The number of alkyl carbamates (subject to hydrolysis) is 1. The summed E-state index contributed by atoms with van der Waals surface area (Å²) in [7, 11) is 0. The zero-order valence-corrected chi connectivity index (χ0v) is 15.9. The Morgan fingerprint density at radius 2 is 2.15 bits per heavy atom. The van der Waals surface area contributed by atoms with Crippen LogP contribution in [0.1, 0.15) is 31.9 Å². The maximum absolute atomic E-state index is 12.2. The Labute approximate surface area is 158 Å². The second-order valence-corrected chi connectivity index (χ2v) is 7.85. The first kappa shape index (κ1) is 19.0. The van der Waals surface area contributed by atoms with Gasteiger partial charge in [-0.3, -0.25) is 9.69 Å². The first-order valence-electron chi connectivity index (χ1n) is 8.99. The fraction of sp³-hybridized carbons (Fsp3) is 0.526. The SMILES string of the molecule is CC(C)(C)NC(=O)OCC1COC(=O)N1c1ccc2c(c1)CCN(C=O)C2. The second kappa shape index (κ2) is 7.46. The lowest BCUT2D eigenvalue weighted by molar-refractivity contribution is -0.118.